The van der Waals surface area contributed by atoms with Crippen LogP contribution < -0.4 is 10.6 Å². The van der Waals surface area contributed by atoms with E-state index >= 15 is 0 Å². The second kappa shape index (κ2) is 9.35. The lowest BCUT2D eigenvalue weighted by atomic mass is 10.0. The summed E-state index contributed by atoms with van der Waals surface area (Å²) >= 11 is 0. The standard InChI is InChI=1S/C23H26N4O3/c1-14(2)21(23(29)25-13-17-6-5-9-24-12-17)26-22(28)19-11-20(30-27-19)18-10-15(3)7-8-16(18)4/h5-12,14,21H,13H2,1-4H3,(H,25,29)(H,26,28). The van der Waals surface area contributed by atoms with Gasteiger partial charge in [-0.05, 0) is 43.0 Å². The average molecular weight is 406 g/mol. The quantitative estimate of drug-likeness (QED) is 0.627. The van der Waals surface area contributed by atoms with Crippen molar-refractivity contribution in [2.45, 2.75) is 40.3 Å². The molecular weight excluding hydrogens is 380 g/mol. The molecule has 0 radical (unpaired) electrons. The molecule has 0 spiro atoms. The number of amides is 2. The number of rotatable bonds is 7. The molecule has 0 fully saturated rings. The number of nitrogens with one attached hydrogen (secondary N) is 2. The van der Waals surface area contributed by atoms with Gasteiger partial charge in [0.2, 0.25) is 5.91 Å². The highest BCUT2D eigenvalue weighted by atomic mass is 16.5. The summed E-state index contributed by atoms with van der Waals surface area (Å²) < 4.78 is 5.40. The van der Waals surface area contributed by atoms with Gasteiger partial charge in [-0.25, -0.2) is 0 Å². The molecule has 1 unspecified atom stereocenters. The van der Waals surface area contributed by atoms with Crippen molar-refractivity contribution in [2.24, 2.45) is 5.92 Å². The molecule has 0 aliphatic rings. The zero-order chi connectivity index (χ0) is 21.7. The van der Waals surface area contributed by atoms with Gasteiger partial charge < -0.3 is 15.2 Å². The average Bonchev–Trinajstić information content (AvgIpc) is 3.22. The van der Waals surface area contributed by atoms with Gasteiger partial charge in [0.15, 0.2) is 11.5 Å². The molecule has 2 heterocycles. The molecule has 1 atom stereocenters. The number of hydrogen-bond donors (Lipinski definition) is 2. The third-order valence-electron chi connectivity index (χ3n) is 4.83. The van der Waals surface area contributed by atoms with E-state index in [1.165, 1.54) is 0 Å². The maximum Gasteiger partial charge on any atom is 0.274 e. The number of benzene rings is 1. The SMILES string of the molecule is Cc1ccc(C)c(-c2cc(C(=O)NC(C(=O)NCc3cccnc3)C(C)C)no2)c1. The Labute approximate surface area is 175 Å². The maximum atomic E-state index is 12.7. The summed E-state index contributed by atoms with van der Waals surface area (Å²) in [5.74, 6) is -0.303. The maximum absolute atomic E-state index is 12.7. The Balaban J connectivity index is 1.69. The van der Waals surface area contributed by atoms with Crippen LogP contribution in [-0.4, -0.2) is 28.0 Å². The Bertz CT molecular complexity index is 1030. The van der Waals surface area contributed by atoms with Crippen LogP contribution in [0.2, 0.25) is 0 Å². The Hall–Kier alpha value is -3.48. The fourth-order valence-corrected chi connectivity index (χ4v) is 3.06. The molecule has 0 saturated carbocycles. The van der Waals surface area contributed by atoms with Crippen LogP contribution in [0, 0.1) is 19.8 Å². The van der Waals surface area contributed by atoms with E-state index < -0.39 is 11.9 Å². The fraction of sp³-hybridized carbons (Fsp3) is 0.304. The van der Waals surface area contributed by atoms with Gasteiger partial charge in [-0.2, -0.15) is 0 Å². The van der Waals surface area contributed by atoms with Crippen molar-refractivity contribution >= 4 is 11.8 Å². The lowest BCUT2D eigenvalue weighted by Gasteiger charge is -2.21. The molecule has 3 aromatic rings. The smallest absolute Gasteiger partial charge is 0.274 e. The summed E-state index contributed by atoms with van der Waals surface area (Å²) in [6.07, 6.45) is 3.36. The molecule has 30 heavy (non-hydrogen) atoms. The molecule has 1 aromatic carbocycles. The van der Waals surface area contributed by atoms with E-state index in [1.807, 2.05) is 52.0 Å². The van der Waals surface area contributed by atoms with E-state index in [-0.39, 0.29) is 17.5 Å². The molecule has 0 aliphatic carbocycles. The number of aryl methyl sites for hydroxylation is 2. The van der Waals surface area contributed by atoms with Crippen LogP contribution in [0.25, 0.3) is 11.3 Å². The number of carbonyl (C=O) groups excluding carboxylic acids is 2. The summed E-state index contributed by atoms with van der Waals surface area (Å²) in [6, 6.07) is 10.6. The van der Waals surface area contributed by atoms with Crippen molar-refractivity contribution in [1.29, 1.82) is 0 Å². The second-order valence-corrected chi connectivity index (χ2v) is 7.67. The topological polar surface area (TPSA) is 97.1 Å². The first-order valence-electron chi connectivity index (χ1n) is 9.87. The molecule has 0 bridgehead atoms. The first-order valence-corrected chi connectivity index (χ1v) is 9.87. The third kappa shape index (κ3) is 5.11. The minimum atomic E-state index is -0.699. The lowest BCUT2D eigenvalue weighted by Crippen LogP contribution is -2.49. The van der Waals surface area contributed by atoms with Crippen LogP contribution in [0.3, 0.4) is 0 Å². The highest BCUT2D eigenvalue weighted by Crippen LogP contribution is 2.25. The summed E-state index contributed by atoms with van der Waals surface area (Å²) in [4.78, 5) is 29.4. The van der Waals surface area contributed by atoms with Crippen molar-refractivity contribution in [1.82, 2.24) is 20.8 Å². The Kier molecular flexibility index (Phi) is 6.61. The van der Waals surface area contributed by atoms with Gasteiger partial charge in [0.25, 0.3) is 5.91 Å². The molecule has 3 rings (SSSR count). The Morgan fingerprint density at radius 2 is 1.93 bits per heavy atom. The van der Waals surface area contributed by atoms with E-state index in [9.17, 15) is 9.59 Å². The highest BCUT2D eigenvalue weighted by molar-refractivity contribution is 5.96. The highest BCUT2D eigenvalue weighted by Gasteiger charge is 2.26. The molecule has 7 nitrogen and oxygen atoms in total. The molecule has 156 valence electrons. The molecule has 2 amide bonds. The minimum Gasteiger partial charge on any atom is -0.355 e. The predicted octanol–water partition coefficient (Wildman–Crippen LogP) is 3.42. The number of pyridine rings is 1. The number of nitrogens with zero attached hydrogens (tertiary/aromatic N) is 2. The molecule has 0 saturated heterocycles. The van der Waals surface area contributed by atoms with Crippen molar-refractivity contribution in [3.63, 3.8) is 0 Å². The van der Waals surface area contributed by atoms with Crippen LogP contribution in [-0.2, 0) is 11.3 Å². The van der Waals surface area contributed by atoms with Gasteiger partial charge in [0.05, 0.1) is 0 Å². The van der Waals surface area contributed by atoms with Gasteiger partial charge in [0.1, 0.15) is 6.04 Å². The van der Waals surface area contributed by atoms with Gasteiger partial charge in [0, 0.05) is 30.6 Å². The fourth-order valence-electron chi connectivity index (χ4n) is 3.06. The van der Waals surface area contributed by atoms with Crippen LogP contribution >= 0.6 is 0 Å². The summed E-state index contributed by atoms with van der Waals surface area (Å²) in [5, 5.41) is 9.52. The van der Waals surface area contributed by atoms with Crippen LogP contribution in [0.15, 0.2) is 53.3 Å². The van der Waals surface area contributed by atoms with Gasteiger partial charge in [-0.15, -0.1) is 0 Å². The van der Waals surface area contributed by atoms with E-state index in [0.29, 0.717) is 12.3 Å². The van der Waals surface area contributed by atoms with E-state index in [2.05, 4.69) is 20.8 Å². The van der Waals surface area contributed by atoms with E-state index in [0.717, 1.165) is 22.3 Å². The van der Waals surface area contributed by atoms with Crippen molar-refractivity contribution in [3.05, 3.63) is 71.2 Å². The van der Waals surface area contributed by atoms with Crippen molar-refractivity contribution in [3.8, 4) is 11.3 Å². The monoisotopic (exact) mass is 406 g/mol. The molecule has 0 aliphatic heterocycles. The Morgan fingerprint density at radius 1 is 1.13 bits per heavy atom. The first kappa shape index (κ1) is 21.2. The van der Waals surface area contributed by atoms with Gasteiger partial charge in [-0.1, -0.05) is 42.8 Å². The molecular formula is C23H26N4O3. The predicted molar refractivity (Wildman–Crippen MR) is 114 cm³/mol. The van der Waals surface area contributed by atoms with Crippen LogP contribution in [0.5, 0.6) is 0 Å². The van der Waals surface area contributed by atoms with Crippen LogP contribution in [0.4, 0.5) is 0 Å². The van der Waals surface area contributed by atoms with Crippen molar-refractivity contribution < 1.29 is 14.1 Å². The van der Waals surface area contributed by atoms with E-state index in [1.54, 1.807) is 24.5 Å². The molecule has 2 N–H and O–H groups in total. The number of aromatic nitrogens is 2. The number of carbonyl (C=O) groups is 2. The first-order chi connectivity index (χ1) is 14.3. The Morgan fingerprint density at radius 3 is 2.63 bits per heavy atom. The number of hydrogen-bond acceptors (Lipinski definition) is 5. The largest absolute Gasteiger partial charge is 0.355 e. The van der Waals surface area contributed by atoms with Crippen molar-refractivity contribution in [2.75, 3.05) is 0 Å². The zero-order valence-corrected chi connectivity index (χ0v) is 17.6. The lowest BCUT2D eigenvalue weighted by molar-refractivity contribution is -0.124. The molecule has 2 aromatic heterocycles. The van der Waals surface area contributed by atoms with Gasteiger partial charge >= 0.3 is 0 Å². The minimum absolute atomic E-state index is 0.103. The van der Waals surface area contributed by atoms with Gasteiger partial charge in [-0.3, -0.25) is 14.6 Å². The zero-order valence-electron chi connectivity index (χ0n) is 17.6. The summed E-state index contributed by atoms with van der Waals surface area (Å²) in [7, 11) is 0. The summed E-state index contributed by atoms with van der Waals surface area (Å²) in [6.45, 7) is 8.05. The molecule has 7 heteroatoms. The normalized spacial score (nSPS) is 11.9. The van der Waals surface area contributed by atoms with E-state index in [4.69, 9.17) is 4.52 Å². The summed E-state index contributed by atoms with van der Waals surface area (Å²) in [5.41, 5.74) is 4.02. The van der Waals surface area contributed by atoms with Crippen LogP contribution in [0.1, 0.15) is 41.0 Å². The second-order valence-electron chi connectivity index (χ2n) is 7.67. The third-order valence-corrected chi connectivity index (χ3v) is 4.83.